The highest BCUT2D eigenvalue weighted by molar-refractivity contribution is 7.80. The fourth-order valence-corrected chi connectivity index (χ4v) is 3.18. The van der Waals surface area contributed by atoms with E-state index in [-0.39, 0.29) is 30.8 Å². The molecule has 0 aromatic heterocycles. The lowest BCUT2D eigenvalue weighted by Crippen LogP contribution is -2.58. The number of hydrogen-bond donors (Lipinski definition) is 9. The monoisotopic (exact) mass is 526 g/mol. The van der Waals surface area contributed by atoms with Gasteiger partial charge in [-0.3, -0.25) is 24.0 Å². The summed E-state index contributed by atoms with van der Waals surface area (Å²) in [4.78, 5) is 71.6. The summed E-state index contributed by atoms with van der Waals surface area (Å²) in [6, 6.07) is 0.280. The molecule has 0 aliphatic carbocycles. The van der Waals surface area contributed by atoms with Crippen LogP contribution in [0.15, 0.2) is 24.3 Å². The SMILES string of the molecule is NC(=O)CCC(N)C(=O)NC(CC(N)=O)C(=O)NC(CS)C(=O)NC(Cc1ccc(O)cc1)C(=O)O. The first-order valence-corrected chi connectivity index (χ1v) is 11.3. The van der Waals surface area contributed by atoms with E-state index in [0.717, 1.165) is 0 Å². The molecule has 4 atom stereocenters. The van der Waals surface area contributed by atoms with E-state index in [2.05, 4.69) is 28.6 Å². The van der Waals surface area contributed by atoms with Crippen LogP contribution in [0.2, 0.25) is 0 Å². The van der Waals surface area contributed by atoms with E-state index >= 15 is 0 Å². The van der Waals surface area contributed by atoms with Crippen molar-refractivity contribution in [2.45, 2.75) is 49.9 Å². The maximum Gasteiger partial charge on any atom is 0.326 e. The van der Waals surface area contributed by atoms with Crippen LogP contribution in [0.5, 0.6) is 5.75 Å². The second-order valence-corrected chi connectivity index (χ2v) is 8.22. The zero-order valence-corrected chi connectivity index (χ0v) is 20.1. The molecular weight excluding hydrogens is 496 g/mol. The maximum atomic E-state index is 12.7. The van der Waals surface area contributed by atoms with Crippen molar-refractivity contribution in [3.63, 3.8) is 0 Å². The van der Waals surface area contributed by atoms with E-state index in [4.69, 9.17) is 17.2 Å². The summed E-state index contributed by atoms with van der Waals surface area (Å²) in [6.45, 7) is 0. The van der Waals surface area contributed by atoms with E-state index in [1.165, 1.54) is 24.3 Å². The van der Waals surface area contributed by atoms with E-state index in [0.29, 0.717) is 5.56 Å². The van der Waals surface area contributed by atoms with Crippen LogP contribution in [0.1, 0.15) is 24.8 Å². The molecule has 14 nitrogen and oxygen atoms in total. The van der Waals surface area contributed by atoms with Gasteiger partial charge in [0, 0.05) is 18.6 Å². The number of nitrogens with two attached hydrogens (primary N) is 3. The van der Waals surface area contributed by atoms with Crippen molar-refractivity contribution in [1.82, 2.24) is 16.0 Å². The van der Waals surface area contributed by atoms with Gasteiger partial charge in [0.05, 0.1) is 12.5 Å². The van der Waals surface area contributed by atoms with Crippen LogP contribution in [-0.4, -0.2) is 75.6 Å². The van der Waals surface area contributed by atoms with Crippen molar-refractivity contribution in [3.05, 3.63) is 29.8 Å². The largest absolute Gasteiger partial charge is 0.508 e. The molecule has 0 heterocycles. The Labute approximate surface area is 211 Å². The summed E-state index contributed by atoms with van der Waals surface area (Å²) in [5, 5.41) is 25.7. The van der Waals surface area contributed by atoms with Gasteiger partial charge in [-0.1, -0.05) is 12.1 Å². The fraction of sp³-hybridized carbons (Fsp3) is 0.429. The van der Waals surface area contributed by atoms with Crippen molar-refractivity contribution < 1.29 is 39.0 Å². The molecule has 1 aromatic carbocycles. The minimum atomic E-state index is -1.50. The number of aliphatic carboxylic acids is 1. The molecule has 0 saturated carbocycles. The smallest absolute Gasteiger partial charge is 0.326 e. The molecule has 5 amide bonds. The van der Waals surface area contributed by atoms with Crippen molar-refractivity contribution in [3.8, 4) is 5.75 Å². The summed E-state index contributed by atoms with van der Waals surface area (Å²) in [5.74, 6) is -5.94. The molecule has 11 N–H and O–H groups in total. The number of aromatic hydroxyl groups is 1. The molecule has 0 bridgehead atoms. The lowest BCUT2D eigenvalue weighted by atomic mass is 10.1. The lowest BCUT2D eigenvalue weighted by Gasteiger charge is -2.24. The quantitative estimate of drug-likeness (QED) is 0.105. The molecule has 0 saturated heterocycles. The highest BCUT2D eigenvalue weighted by atomic mass is 32.1. The fourth-order valence-electron chi connectivity index (χ4n) is 2.92. The first-order valence-electron chi connectivity index (χ1n) is 10.7. The zero-order valence-electron chi connectivity index (χ0n) is 19.2. The molecule has 15 heteroatoms. The Hall–Kier alpha value is -3.85. The van der Waals surface area contributed by atoms with E-state index < -0.39 is 66.1 Å². The van der Waals surface area contributed by atoms with Crippen molar-refractivity contribution in [2.24, 2.45) is 17.2 Å². The van der Waals surface area contributed by atoms with Crippen molar-refractivity contribution >= 4 is 48.1 Å². The molecule has 0 aliphatic heterocycles. The molecule has 1 rings (SSSR count). The van der Waals surface area contributed by atoms with Crippen LogP contribution in [-0.2, 0) is 35.2 Å². The normalized spacial score (nSPS) is 13.9. The van der Waals surface area contributed by atoms with Gasteiger partial charge < -0.3 is 43.4 Å². The summed E-state index contributed by atoms with van der Waals surface area (Å²) in [5.41, 5.74) is 16.3. The predicted octanol–water partition coefficient (Wildman–Crippen LogP) is -3.13. The van der Waals surface area contributed by atoms with E-state index in [1.54, 1.807) is 0 Å². The van der Waals surface area contributed by atoms with Crippen molar-refractivity contribution in [2.75, 3.05) is 5.75 Å². The highest BCUT2D eigenvalue weighted by Gasteiger charge is 2.30. The van der Waals surface area contributed by atoms with E-state index in [9.17, 15) is 39.0 Å². The Morgan fingerprint density at radius 3 is 1.86 bits per heavy atom. The summed E-state index contributed by atoms with van der Waals surface area (Å²) in [6.07, 6.45) is -1.03. The number of rotatable bonds is 15. The number of phenolic OH excluding ortho intramolecular Hbond substituents is 1. The van der Waals surface area contributed by atoms with Gasteiger partial charge in [-0.15, -0.1) is 0 Å². The molecule has 36 heavy (non-hydrogen) atoms. The Balaban J connectivity index is 2.87. The third kappa shape index (κ3) is 10.6. The third-order valence-corrected chi connectivity index (χ3v) is 5.25. The molecular formula is C21H30N6O8S. The van der Waals surface area contributed by atoms with Crippen LogP contribution in [0, 0.1) is 0 Å². The first kappa shape index (κ1) is 30.2. The number of nitrogens with one attached hydrogen (secondary N) is 3. The molecule has 1 aromatic rings. The third-order valence-electron chi connectivity index (χ3n) is 4.88. The minimum Gasteiger partial charge on any atom is -0.508 e. The minimum absolute atomic E-state index is 0.0149. The summed E-state index contributed by atoms with van der Waals surface area (Å²) >= 11 is 4.01. The first-order chi connectivity index (χ1) is 16.8. The maximum absolute atomic E-state index is 12.7. The number of thiol groups is 1. The van der Waals surface area contributed by atoms with Gasteiger partial charge >= 0.3 is 5.97 Å². The Morgan fingerprint density at radius 1 is 0.833 bits per heavy atom. The number of benzene rings is 1. The van der Waals surface area contributed by atoms with Crippen LogP contribution in [0.25, 0.3) is 0 Å². The van der Waals surface area contributed by atoms with Gasteiger partial charge in [0.2, 0.25) is 29.5 Å². The number of primary amides is 2. The van der Waals surface area contributed by atoms with E-state index in [1.807, 2.05) is 0 Å². The second-order valence-electron chi connectivity index (χ2n) is 7.86. The second kappa shape index (κ2) is 14.5. The number of carbonyl (C=O) groups excluding carboxylic acids is 5. The van der Waals surface area contributed by atoms with Crippen LogP contribution >= 0.6 is 12.6 Å². The van der Waals surface area contributed by atoms with Crippen LogP contribution < -0.4 is 33.2 Å². The molecule has 0 spiro atoms. The molecule has 0 aliphatic rings. The van der Waals surface area contributed by atoms with Gasteiger partial charge in [0.15, 0.2) is 0 Å². The van der Waals surface area contributed by atoms with Gasteiger partial charge in [-0.2, -0.15) is 12.6 Å². The standard InChI is InChI=1S/C21H30N6O8S/c22-12(5-6-16(23)29)18(31)25-13(8-17(24)30)19(32)27-15(9-36)20(33)26-14(21(34)35)7-10-1-3-11(28)4-2-10/h1-4,12-15,28,36H,5-9,22H2,(H2,23,29)(H2,24,30)(H,25,31)(H,26,33)(H,27,32)(H,34,35). The number of amides is 5. The summed E-state index contributed by atoms with van der Waals surface area (Å²) < 4.78 is 0. The van der Waals surface area contributed by atoms with Gasteiger partial charge in [0.1, 0.15) is 23.9 Å². The zero-order chi connectivity index (χ0) is 27.4. The Kier molecular flexibility index (Phi) is 12.2. The number of carboxylic acids is 1. The number of phenols is 1. The average molecular weight is 527 g/mol. The van der Waals surface area contributed by atoms with Gasteiger partial charge in [0.25, 0.3) is 0 Å². The van der Waals surface area contributed by atoms with Gasteiger partial charge in [-0.25, -0.2) is 4.79 Å². The molecule has 198 valence electrons. The van der Waals surface area contributed by atoms with Crippen LogP contribution in [0.4, 0.5) is 0 Å². The van der Waals surface area contributed by atoms with Crippen LogP contribution in [0.3, 0.4) is 0 Å². The number of hydrogen-bond acceptors (Lipinski definition) is 9. The molecule has 0 fully saturated rings. The topological polar surface area (TPSA) is 257 Å². The molecule has 4 unspecified atom stereocenters. The summed E-state index contributed by atoms with van der Waals surface area (Å²) in [7, 11) is 0. The lowest BCUT2D eigenvalue weighted by molar-refractivity contribution is -0.142. The number of carbonyl (C=O) groups is 6. The van der Waals surface area contributed by atoms with Crippen molar-refractivity contribution in [1.29, 1.82) is 0 Å². The average Bonchev–Trinajstić information content (AvgIpc) is 2.80. The number of carboxylic acid groups (broad SMARTS) is 1. The van der Waals surface area contributed by atoms with Gasteiger partial charge in [-0.05, 0) is 24.1 Å². The predicted molar refractivity (Wildman–Crippen MR) is 129 cm³/mol. The highest BCUT2D eigenvalue weighted by Crippen LogP contribution is 2.11. The Bertz CT molecular complexity index is 974. The molecule has 0 radical (unpaired) electrons. The Morgan fingerprint density at radius 2 is 1.36 bits per heavy atom.